The quantitative estimate of drug-likeness (QED) is 0.774. The Kier molecular flexibility index (Phi) is 2.33. The highest BCUT2D eigenvalue weighted by Crippen LogP contribution is 2.12. The summed E-state index contributed by atoms with van der Waals surface area (Å²) in [4.78, 5) is 0. The normalized spacial score (nSPS) is 18.8. The topological polar surface area (TPSA) is 48.8 Å². The standard InChI is InChI=1S/C12H14N4/c1-2-10(12-6-8-14-16-12)4-3-9(1)11-5-7-13-15-11/h1-4,13-14H,5-8H2. The maximum absolute atomic E-state index is 4.26. The third-order valence-corrected chi connectivity index (χ3v) is 2.93. The second-order valence-corrected chi connectivity index (χ2v) is 4.01. The van der Waals surface area contributed by atoms with Crippen LogP contribution in [0.1, 0.15) is 24.0 Å². The molecule has 82 valence electrons. The highest BCUT2D eigenvalue weighted by atomic mass is 15.3. The fourth-order valence-electron chi connectivity index (χ4n) is 2.04. The molecule has 4 nitrogen and oxygen atoms in total. The van der Waals surface area contributed by atoms with E-state index in [1.54, 1.807) is 0 Å². The van der Waals surface area contributed by atoms with Crippen LogP contribution in [0, 0.1) is 0 Å². The van der Waals surface area contributed by atoms with Crippen LogP contribution in [0.2, 0.25) is 0 Å². The van der Waals surface area contributed by atoms with Gasteiger partial charge in [0.25, 0.3) is 0 Å². The molecule has 0 radical (unpaired) electrons. The lowest BCUT2D eigenvalue weighted by atomic mass is 10.0. The Hall–Kier alpha value is -1.84. The van der Waals surface area contributed by atoms with Gasteiger partial charge >= 0.3 is 0 Å². The zero-order chi connectivity index (χ0) is 10.8. The average Bonchev–Trinajstić information content (AvgIpc) is 3.03. The van der Waals surface area contributed by atoms with Crippen LogP contribution in [0.25, 0.3) is 0 Å². The molecule has 0 unspecified atom stereocenters. The highest BCUT2D eigenvalue weighted by Gasteiger charge is 2.11. The number of rotatable bonds is 2. The van der Waals surface area contributed by atoms with Gasteiger partial charge in [0.15, 0.2) is 0 Å². The average molecular weight is 214 g/mol. The minimum absolute atomic E-state index is 0.952. The minimum atomic E-state index is 0.952. The third kappa shape index (κ3) is 1.66. The van der Waals surface area contributed by atoms with Crippen LogP contribution < -0.4 is 10.9 Å². The van der Waals surface area contributed by atoms with Crippen molar-refractivity contribution < 1.29 is 0 Å². The number of nitrogens with one attached hydrogen (secondary N) is 2. The fraction of sp³-hybridized carbons (Fsp3) is 0.333. The molecule has 16 heavy (non-hydrogen) atoms. The molecule has 0 fully saturated rings. The summed E-state index contributed by atoms with van der Waals surface area (Å²) in [6.07, 6.45) is 2.03. The number of hydrogen-bond donors (Lipinski definition) is 2. The lowest BCUT2D eigenvalue weighted by molar-refractivity contribution is 0.813. The number of benzene rings is 1. The molecular formula is C12H14N4. The Morgan fingerprint density at radius 3 is 1.50 bits per heavy atom. The van der Waals surface area contributed by atoms with Gasteiger partial charge in [-0.3, -0.25) is 0 Å². The Labute approximate surface area is 94.4 Å². The SMILES string of the molecule is c1cc(C2=NNCC2)ccc1C1=NNCC1. The Morgan fingerprint density at radius 2 is 1.19 bits per heavy atom. The van der Waals surface area contributed by atoms with Gasteiger partial charge in [-0.25, -0.2) is 0 Å². The van der Waals surface area contributed by atoms with E-state index in [-0.39, 0.29) is 0 Å². The molecule has 2 N–H and O–H groups in total. The van der Waals surface area contributed by atoms with Crippen molar-refractivity contribution in [3.8, 4) is 0 Å². The fourth-order valence-corrected chi connectivity index (χ4v) is 2.04. The lowest BCUT2D eigenvalue weighted by Crippen LogP contribution is -2.01. The molecule has 3 rings (SSSR count). The van der Waals surface area contributed by atoms with E-state index in [1.807, 2.05) is 0 Å². The van der Waals surface area contributed by atoms with E-state index in [2.05, 4.69) is 45.3 Å². The van der Waals surface area contributed by atoms with E-state index in [4.69, 9.17) is 0 Å². The molecule has 2 aliphatic heterocycles. The van der Waals surface area contributed by atoms with Gasteiger partial charge in [-0.05, 0) is 11.1 Å². The van der Waals surface area contributed by atoms with E-state index < -0.39 is 0 Å². The summed E-state index contributed by atoms with van der Waals surface area (Å²) in [5.41, 5.74) is 10.7. The van der Waals surface area contributed by atoms with Crippen LogP contribution in [0.4, 0.5) is 0 Å². The van der Waals surface area contributed by atoms with Gasteiger partial charge < -0.3 is 10.9 Å². The van der Waals surface area contributed by atoms with Crippen LogP contribution in [-0.2, 0) is 0 Å². The number of hydrazone groups is 2. The zero-order valence-corrected chi connectivity index (χ0v) is 9.03. The molecule has 4 heteroatoms. The van der Waals surface area contributed by atoms with E-state index in [9.17, 15) is 0 Å². The summed E-state index contributed by atoms with van der Waals surface area (Å²) in [5, 5.41) is 8.51. The van der Waals surface area contributed by atoms with Crippen molar-refractivity contribution in [2.75, 3.05) is 13.1 Å². The monoisotopic (exact) mass is 214 g/mol. The van der Waals surface area contributed by atoms with Crippen LogP contribution >= 0.6 is 0 Å². The lowest BCUT2D eigenvalue weighted by Gasteiger charge is -2.02. The van der Waals surface area contributed by atoms with Crippen LogP contribution in [0.15, 0.2) is 34.5 Å². The predicted octanol–water partition coefficient (Wildman–Crippen LogP) is 1.08. The third-order valence-electron chi connectivity index (χ3n) is 2.93. The van der Waals surface area contributed by atoms with Crippen LogP contribution in [0.5, 0.6) is 0 Å². The van der Waals surface area contributed by atoms with E-state index >= 15 is 0 Å². The molecule has 0 saturated heterocycles. The van der Waals surface area contributed by atoms with Gasteiger partial charge in [-0.1, -0.05) is 24.3 Å². The van der Waals surface area contributed by atoms with Gasteiger partial charge in [0.05, 0.1) is 11.4 Å². The molecule has 1 aromatic carbocycles. The number of hydrogen-bond acceptors (Lipinski definition) is 4. The largest absolute Gasteiger partial charge is 0.309 e. The molecule has 2 aliphatic rings. The molecule has 0 amide bonds. The predicted molar refractivity (Wildman–Crippen MR) is 64.8 cm³/mol. The van der Waals surface area contributed by atoms with Gasteiger partial charge in [0.2, 0.25) is 0 Å². The second kappa shape index (κ2) is 3.96. The molecule has 2 heterocycles. The Balaban J connectivity index is 1.84. The van der Waals surface area contributed by atoms with E-state index in [0.29, 0.717) is 0 Å². The molecule has 0 aromatic heterocycles. The van der Waals surface area contributed by atoms with E-state index in [1.165, 1.54) is 11.1 Å². The first kappa shape index (κ1) is 9.39. The molecule has 0 aliphatic carbocycles. The van der Waals surface area contributed by atoms with Crippen molar-refractivity contribution in [1.82, 2.24) is 10.9 Å². The molecule has 0 atom stereocenters. The summed E-state index contributed by atoms with van der Waals surface area (Å²) in [5.74, 6) is 0. The van der Waals surface area contributed by atoms with Crippen molar-refractivity contribution in [2.24, 2.45) is 10.2 Å². The summed E-state index contributed by atoms with van der Waals surface area (Å²) in [6.45, 7) is 1.90. The summed E-state index contributed by atoms with van der Waals surface area (Å²) < 4.78 is 0. The first-order valence-electron chi connectivity index (χ1n) is 5.63. The number of nitrogens with zero attached hydrogens (tertiary/aromatic N) is 2. The smallest absolute Gasteiger partial charge is 0.0693 e. The van der Waals surface area contributed by atoms with Crippen molar-refractivity contribution in [2.45, 2.75) is 12.8 Å². The summed E-state index contributed by atoms with van der Waals surface area (Å²) in [6, 6.07) is 8.51. The van der Waals surface area contributed by atoms with Crippen molar-refractivity contribution in [3.63, 3.8) is 0 Å². The Morgan fingerprint density at radius 1 is 0.750 bits per heavy atom. The van der Waals surface area contributed by atoms with Gasteiger partial charge in [0.1, 0.15) is 0 Å². The first-order valence-corrected chi connectivity index (χ1v) is 5.63. The van der Waals surface area contributed by atoms with Gasteiger partial charge in [0, 0.05) is 25.9 Å². The maximum atomic E-state index is 4.26. The second-order valence-electron chi connectivity index (χ2n) is 4.01. The maximum Gasteiger partial charge on any atom is 0.0693 e. The molecule has 0 bridgehead atoms. The van der Waals surface area contributed by atoms with Crippen molar-refractivity contribution >= 4 is 11.4 Å². The van der Waals surface area contributed by atoms with E-state index in [0.717, 1.165) is 37.4 Å². The van der Waals surface area contributed by atoms with Gasteiger partial charge in [-0.15, -0.1) is 0 Å². The molecular weight excluding hydrogens is 200 g/mol. The summed E-state index contributed by atoms with van der Waals surface area (Å²) in [7, 11) is 0. The first-order chi connectivity index (χ1) is 7.93. The Bertz CT molecular complexity index is 402. The molecule has 0 saturated carbocycles. The highest BCUT2D eigenvalue weighted by molar-refractivity contribution is 6.04. The summed E-state index contributed by atoms with van der Waals surface area (Å²) >= 11 is 0. The zero-order valence-electron chi connectivity index (χ0n) is 9.03. The van der Waals surface area contributed by atoms with Crippen LogP contribution in [-0.4, -0.2) is 24.5 Å². The van der Waals surface area contributed by atoms with Crippen molar-refractivity contribution in [3.05, 3.63) is 35.4 Å². The molecule has 1 aromatic rings. The molecule has 0 spiro atoms. The van der Waals surface area contributed by atoms with Gasteiger partial charge in [-0.2, -0.15) is 10.2 Å². The van der Waals surface area contributed by atoms with Crippen molar-refractivity contribution in [1.29, 1.82) is 0 Å². The van der Waals surface area contributed by atoms with Crippen LogP contribution in [0.3, 0.4) is 0 Å². The minimum Gasteiger partial charge on any atom is -0.309 e.